The third-order valence-corrected chi connectivity index (χ3v) is 2.00. The van der Waals surface area contributed by atoms with E-state index in [1.807, 2.05) is 17.6 Å². The van der Waals surface area contributed by atoms with Crippen LogP contribution in [0.4, 0.5) is 0 Å². The van der Waals surface area contributed by atoms with Gasteiger partial charge in [-0.25, -0.2) is 4.98 Å². The van der Waals surface area contributed by atoms with Crippen LogP contribution < -0.4 is 0 Å². The van der Waals surface area contributed by atoms with Gasteiger partial charge in [0.05, 0.1) is 11.7 Å². The second kappa shape index (κ2) is 2.97. The molecule has 2 aromatic rings. The molecule has 0 spiro atoms. The lowest BCUT2D eigenvalue weighted by atomic mass is 10.4. The number of fused-ring (bicyclic) bond motifs is 1. The molecule has 0 N–H and O–H groups in total. The number of carbonyl (C=O) groups is 1. The Balaban J connectivity index is 2.81. The number of aldehydes is 1. The zero-order chi connectivity index (χ0) is 9.26. The molecule has 4 heteroatoms. The van der Waals surface area contributed by atoms with Crippen LogP contribution in [0.5, 0.6) is 0 Å². The summed E-state index contributed by atoms with van der Waals surface area (Å²) in [5.74, 6) is 0.463. The monoisotopic (exact) mass is 175 g/mol. The highest BCUT2D eigenvalue weighted by Gasteiger charge is 2.06. The molecule has 0 atom stereocenters. The molecule has 0 saturated carbocycles. The molecule has 13 heavy (non-hydrogen) atoms. The molecule has 0 aliphatic heterocycles. The molecule has 0 saturated heterocycles. The van der Waals surface area contributed by atoms with Gasteiger partial charge in [-0.2, -0.15) is 0 Å². The van der Waals surface area contributed by atoms with Crippen LogP contribution in [0.25, 0.3) is 11.0 Å². The number of aryl methyl sites for hydroxylation is 1. The van der Waals surface area contributed by atoms with Crippen LogP contribution >= 0.6 is 0 Å². The standard InChI is InChI=1S/C9H9N3O/c1-2-12-8-3-4-10-5-7(8)11-9(12)6-13/h3-6H,2H2,1H3. The van der Waals surface area contributed by atoms with Gasteiger partial charge in [-0.3, -0.25) is 9.78 Å². The van der Waals surface area contributed by atoms with Crippen LogP contribution in [0.15, 0.2) is 18.5 Å². The van der Waals surface area contributed by atoms with Crippen molar-refractivity contribution in [2.75, 3.05) is 0 Å². The van der Waals surface area contributed by atoms with E-state index in [0.29, 0.717) is 5.82 Å². The Labute approximate surface area is 75.2 Å². The minimum atomic E-state index is 0.463. The molecule has 0 aliphatic rings. The van der Waals surface area contributed by atoms with Crippen molar-refractivity contribution in [2.24, 2.45) is 0 Å². The first kappa shape index (κ1) is 7.91. The van der Waals surface area contributed by atoms with Gasteiger partial charge in [-0.05, 0) is 13.0 Å². The zero-order valence-electron chi connectivity index (χ0n) is 7.27. The summed E-state index contributed by atoms with van der Waals surface area (Å²) in [7, 11) is 0. The summed E-state index contributed by atoms with van der Waals surface area (Å²) in [6.45, 7) is 2.73. The molecule has 4 nitrogen and oxygen atoms in total. The summed E-state index contributed by atoms with van der Waals surface area (Å²) in [6.07, 6.45) is 4.13. The Hall–Kier alpha value is -1.71. The van der Waals surface area contributed by atoms with Crippen molar-refractivity contribution in [1.29, 1.82) is 0 Å². The Morgan fingerprint density at radius 1 is 1.62 bits per heavy atom. The summed E-state index contributed by atoms with van der Waals surface area (Å²) in [6, 6.07) is 1.86. The van der Waals surface area contributed by atoms with Gasteiger partial charge in [0.25, 0.3) is 0 Å². The lowest BCUT2D eigenvalue weighted by Gasteiger charge is -1.99. The van der Waals surface area contributed by atoms with E-state index in [-0.39, 0.29) is 0 Å². The number of aromatic nitrogens is 3. The Morgan fingerprint density at radius 3 is 3.15 bits per heavy atom. The normalized spacial score (nSPS) is 10.5. The molecule has 2 heterocycles. The summed E-state index contributed by atoms with van der Waals surface area (Å²) < 4.78 is 1.87. The van der Waals surface area contributed by atoms with Crippen molar-refractivity contribution in [3.05, 3.63) is 24.3 Å². The van der Waals surface area contributed by atoms with Crippen LogP contribution in [-0.2, 0) is 6.54 Å². The molecule has 0 amide bonds. The first-order valence-corrected chi connectivity index (χ1v) is 4.12. The quantitative estimate of drug-likeness (QED) is 0.645. The smallest absolute Gasteiger partial charge is 0.185 e. The summed E-state index contributed by atoms with van der Waals surface area (Å²) in [5, 5.41) is 0. The maximum Gasteiger partial charge on any atom is 0.185 e. The Morgan fingerprint density at radius 2 is 2.46 bits per heavy atom. The second-order valence-electron chi connectivity index (χ2n) is 2.70. The van der Waals surface area contributed by atoms with Gasteiger partial charge >= 0.3 is 0 Å². The van der Waals surface area contributed by atoms with Crippen LogP contribution in [0.2, 0.25) is 0 Å². The number of pyridine rings is 1. The first-order valence-electron chi connectivity index (χ1n) is 4.12. The number of nitrogens with zero attached hydrogens (tertiary/aromatic N) is 3. The fraction of sp³-hybridized carbons (Fsp3) is 0.222. The van der Waals surface area contributed by atoms with E-state index in [0.717, 1.165) is 23.9 Å². The van der Waals surface area contributed by atoms with Gasteiger partial charge in [-0.15, -0.1) is 0 Å². The average Bonchev–Trinajstić information content (AvgIpc) is 2.55. The van der Waals surface area contributed by atoms with E-state index < -0.39 is 0 Å². The molecular weight excluding hydrogens is 166 g/mol. The minimum Gasteiger partial charge on any atom is -0.322 e. The first-order chi connectivity index (χ1) is 6.36. The lowest BCUT2D eigenvalue weighted by molar-refractivity contribution is 0.111. The number of rotatable bonds is 2. The zero-order valence-corrected chi connectivity index (χ0v) is 7.27. The molecule has 0 unspecified atom stereocenters. The van der Waals surface area contributed by atoms with Crippen molar-refractivity contribution < 1.29 is 4.79 Å². The Bertz CT molecular complexity index is 447. The van der Waals surface area contributed by atoms with E-state index >= 15 is 0 Å². The van der Waals surface area contributed by atoms with Gasteiger partial charge in [0.1, 0.15) is 5.52 Å². The average molecular weight is 175 g/mol. The minimum absolute atomic E-state index is 0.463. The summed E-state index contributed by atoms with van der Waals surface area (Å²) in [5.41, 5.74) is 1.73. The van der Waals surface area contributed by atoms with Crippen molar-refractivity contribution in [2.45, 2.75) is 13.5 Å². The third kappa shape index (κ3) is 1.11. The van der Waals surface area contributed by atoms with E-state index in [2.05, 4.69) is 9.97 Å². The van der Waals surface area contributed by atoms with Gasteiger partial charge in [-0.1, -0.05) is 0 Å². The van der Waals surface area contributed by atoms with E-state index in [4.69, 9.17) is 0 Å². The van der Waals surface area contributed by atoms with Crippen molar-refractivity contribution in [3.8, 4) is 0 Å². The molecule has 2 rings (SSSR count). The van der Waals surface area contributed by atoms with Gasteiger partial charge in [0, 0.05) is 12.7 Å². The maximum absolute atomic E-state index is 10.7. The fourth-order valence-corrected chi connectivity index (χ4v) is 1.42. The molecular formula is C9H9N3O. The van der Waals surface area contributed by atoms with Gasteiger partial charge < -0.3 is 4.57 Å². The highest BCUT2D eigenvalue weighted by molar-refractivity contribution is 5.82. The highest BCUT2D eigenvalue weighted by atomic mass is 16.1. The Kier molecular flexibility index (Phi) is 1.81. The molecule has 0 aromatic carbocycles. The molecule has 0 fully saturated rings. The van der Waals surface area contributed by atoms with Crippen LogP contribution in [0, 0.1) is 0 Å². The maximum atomic E-state index is 10.7. The number of hydrogen-bond acceptors (Lipinski definition) is 3. The van der Waals surface area contributed by atoms with Gasteiger partial charge in [0.2, 0.25) is 0 Å². The predicted octanol–water partition coefficient (Wildman–Crippen LogP) is 1.26. The van der Waals surface area contributed by atoms with Gasteiger partial charge in [0.15, 0.2) is 12.1 Å². The SMILES string of the molecule is CCn1c(C=O)nc2cnccc21. The largest absolute Gasteiger partial charge is 0.322 e. The van der Waals surface area contributed by atoms with E-state index in [1.54, 1.807) is 12.4 Å². The lowest BCUT2D eigenvalue weighted by Crippen LogP contribution is -1.99. The van der Waals surface area contributed by atoms with Crippen molar-refractivity contribution >= 4 is 17.3 Å². The number of carbonyl (C=O) groups excluding carboxylic acids is 1. The summed E-state index contributed by atoms with van der Waals surface area (Å²) >= 11 is 0. The third-order valence-electron chi connectivity index (χ3n) is 2.00. The molecule has 0 bridgehead atoms. The molecule has 0 aliphatic carbocycles. The van der Waals surface area contributed by atoms with Crippen LogP contribution in [0.3, 0.4) is 0 Å². The molecule has 0 radical (unpaired) electrons. The van der Waals surface area contributed by atoms with E-state index in [9.17, 15) is 4.79 Å². The molecule has 66 valence electrons. The second-order valence-corrected chi connectivity index (χ2v) is 2.70. The van der Waals surface area contributed by atoms with Crippen molar-refractivity contribution in [3.63, 3.8) is 0 Å². The fourth-order valence-electron chi connectivity index (χ4n) is 1.42. The van der Waals surface area contributed by atoms with Crippen LogP contribution in [-0.4, -0.2) is 20.8 Å². The van der Waals surface area contributed by atoms with E-state index in [1.165, 1.54) is 0 Å². The molecule has 2 aromatic heterocycles. The predicted molar refractivity (Wildman–Crippen MR) is 48.6 cm³/mol. The number of hydrogen-bond donors (Lipinski definition) is 0. The van der Waals surface area contributed by atoms with Crippen LogP contribution in [0.1, 0.15) is 17.5 Å². The highest BCUT2D eigenvalue weighted by Crippen LogP contribution is 2.12. The topological polar surface area (TPSA) is 47.8 Å². The number of imidazole rings is 1. The summed E-state index contributed by atoms with van der Waals surface area (Å²) in [4.78, 5) is 18.7. The van der Waals surface area contributed by atoms with Crippen molar-refractivity contribution in [1.82, 2.24) is 14.5 Å².